The number of halogens is 5. The second-order valence-electron chi connectivity index (χ2n) is 16.5. The molecule has 0 saturated carbocycles. The molecule has 6 aromatic carbocycles. The van der Waals surface area contributed by atoms with Crippen molar-refractivity contribution in [3.63, 3.8) is 0 Å². The number of fused-ring (bicyclic) bond motifs is 2. The molecule has 7 heteroatoms. The Balaban J connectivity index is 0.000000234. The van der Waals surface area contributed by atoms with Crippen LogP contribution in [0.4, 0.5) is 13.2 Å². The van der Waals surface area contributed by atoms with Gasteiger partial charge in [0.15, 0.2) is 0 Å². The van der Waals surface area contributed by atoms with E-state index in [0.717, 1.165) is 25.7 Å². The van der Waals surface area contributed by atoms with Crippen LogP contribution in [0.5, 0.6) is 0 Å². The van der Waals surface area contributed by atoms with Crippen molar-refractivity contribution >= 4 is 48.1 Å². The van der Waals surface area contributed by atoms with Crippen molar-refractivity contribution in [2.45, 2.75) is 106 Å². The van der Waals surface area contributed by atoms with Gasteiger partial charge < -0.3 is 0 Å². The predicted octanol–water partition coefficient (Wildman–Crippen LogP) is 16.2. The summed E-state index contributed by atoms with van der Waals surface area (Å²) in [7, 11) is 10.3. The molecule has 0 unspecified atom stereocenters. The van der Waals surface area contributed by atoms with Crippen LogP contribution in [0.3, 0.4) is 0 Å². The maximum atomic E-state index is 11.2. The fraction of sp³-hybridized carbons (Fsp3) is 0.375. The summed E-state index contributed by atoms with van der Waals surface area (Å²) in [6, 6.07) is 41.0. The van der Waals surface area contributed by atoms with E-state index in [1.165, 1.54) is 66.1 Å². The van der Waals surface area contributed by atoms with Gasteiger partial charge in [0.05, 0.1) is 0 Å². The molecule has 55 heavy (non-hydrogen) atoms. The number of benzene rings is 4. The summed E-state index contributed by atoms with van der Waals surface area (Å²) in [4.78, 5) is 0. The van der Waals surface area contributed by atoms with Gasteiger partial charge in [-0.1, -0.05) is 140 Å². The van der Waals surface area contributed by atoms with Crippen LogP contribution in [0, 0.1) is 10.8 Å². The molecule has 0 spiro atoms. The Kier molecular flexibility index (Phi) is 18.7. The standard InChI is InChI=1S/2C22H25.C4H7F3Si.2ClH.Zr/c2*1-5-16-9-11-18(12-10-16)20-8-6-7-19-13-17(14-21(19)20)15-22(2,3)4;1-8-3-2-4(5,6)7;;;/h2*6-14H,5,15H2,1-4H3;2-3H2,1H3;2*1H;/q2*-1;;;;+4/p-2. The molecule has 0 nitrogen and oxygen atoms in total. The van der Waals surface area contributed by atoms with Crippen molar-refractivity contribution in [2.75, 3.05) is 0 Å². The summed E-state index contributed by atoms with van der Waals surface area (Å²) in [6.07, 6.45) is -0.135. The van der Waals surface area contributed by atoms with E-state index in [2.05, 4.69) is 165 Å². The number of aryl methyl sites for hydroxylation is 2. The van der Waals surface area contributed by atoms with Gasteiger partial charge in [0.1, 0.15) is 0 Å². The van der Waals surface area contributed by atoms with Gasteiger partial charge in [-0.15, -0.1) is 69.1 Å². The maximum absolute atomic E-state index is 11.2. The van der Waals surface area contributed by atoms with E-state index in [0.29, 0.717) is 20.3 Å². The zero-order valence-electron chi connectivity index (χ0n) is 34.0. The SMILES string of the molecule is CCc1ccc(-c2cccc3[cH-]c(CC(C)(C)C)cc23)cc1.CCc1ccc(-c2cccc3[cH-]c(CC(C)(C)C)cc23)cc1.C[Si]CCC(F)(F)F.[Cl][Zr+2][Cl]. The van der Waals surface area contributed by atoms with Crippen LogP contribution in [0.1, 0.15) is 84.1 Å². The molecule has 6 rings (SSSR count). The predicted molar refractivity (Wildman–Crippen MR) is 234 cm³/mol. The average molecular weight is 881 g/mol. The van der Waals surface area contributed by atoms with E-state index < -0.39 is 33.4 Å². The quantitative estimate of drug-likeness (QED) is 0.106. The van der Waals surface area contributed by atoms with Gasteiger partial charge in [-0.2, -0.15) is 25.3 Å². The first kappa shape index (κ1) is 46.9. The van der Waals surface area contributed by atoms with Crippen LogP contribution in [-0.2, 0) is 46.5 Å². The molecule has 0 amide bonds. The third-order valence-corrected chi connectivity index (χ3v) is 9.84. The molecule has 0 bridgehead atoms. The fourth-order valence-electron chi connectivity index (χ4n) is 6.63. The van der Waals surface area contributed by atoms with Crippen molar-refractivity contribution < 1.29 is 34.0 Å². The zero-order chi connectivity index (χ0) is 40.8. The van der Waals surface area contributed by atoms with E-state index in [1.54, 1.807) is 6.55 Å². The molecule has 0 atom stereocenters. The first-order valence-electron chi connectivity index (χ1n) is 19.1. The molecule has 6 aromatic rings. The number of hydrogen-bond acceptors (Lipinski definition) is 0. The molecule has 0 fully saturated rings. The Hall–Kier alpha value is -2.43. The zero-order valence-corrected chi connectivity index (χ0v) is 39.0. The molecule has 2 radical (unpaired) electrons. The number of hydrogen-bond donors (Lipinski definition) is 0. The summed E-state index contributed by atoms with van der Waals surface area (Å²) >= 11 is -0.826. The molecule has 292 valence electrons. The normalized spacial score (nSPS) is 11.5. The van der Waals surface area contributed by atoms with Crippen molar-refractivity contribution in [3.8, 4) is 22.3 Å². The average Bonchev–Trinajstić information content (AvgIpc) is 3.72. The van der Waals surface area contributed by atoms with Crippen molar-refractivity contribution in [1.82, 2.24) is 0 Å². The van der Waals surface area contributed by atoms with Gasteiger partial charge >= 0.3 is 44.1 Å². The molecular formula is C48H57Cl2F3SiZr. The van der Waals surface area contributed by atoms with Crippen LogP contribution in [0.2, 0.25) is 12.6 Å². The molecule has 0 aliphatic rings. The summed E-state index contributed by atoms with van der Waals surface area (Å²) in [5.41, 5.74) is 11.7. The first-order valence-corrected chi connectivity index (χ1v) is 27.2. The minimum absolute atomic E-state index is 0.281. The second-order valence-corrected chi connectivity index (χ2v) is 21.4. The summed E-state index contributed by atoms with van der Waals surface area (Å²) in [6.45, 7) is 20.0. The number of rotatable bonds is 8. The van der Waals surface area contributed by atoms with Crippen LogP contribution in [-0.4, -0.2) is 15.7 Å². The van der Waals surface area contributed by atoms with Crippen molar-refractivity contribution in [2.24, 2.45) is 10.8 Å². The van der Waals surface area contributed by atoms with Crippen LogP contribution < -0.4 is 0 Å². The van der Waals surface area contributed by atoms with Crippen molar-refractivity contribution in [3.05, 3.63) is 131 Å². The Morgan fingerprint density at radius 1 is 0.600 bits per heavy atom. The van der Waals surface area contributed by atoms with E-state index in [1.807, 2.05) is 0 Å². The van der Waals surface area contributed by atoms with E-state index in [9.17, 15) is 13.2 Å². The second kappa shape index (κ2) is 21.9. The Bertz CT molecular complexity index is 1870. The van der Waals surface area contributed by atoms with Crippen LogP contribution in [0.15, 0.2) is 109 Å². The fourth-order valence-corrected chi connectivity index (χ4v) is 7.17. The Morgan fingerprint density at radius 3 is 1.24 bits per heavy atom. The summed E-state index contributed by atoms with van der Waals surface area (Å²) in [5, 5.41) is 5.48. The van der Waals surface area contributed by atoms with Gasteiger partial charge in [0.2, 0.25) is 0 Å². The number of alkyl halides is 3. The van der Waals surface area contributed by atoms with Crippen LogP contribution >= 0.6 is 17.0 Å². The van der Waals surface area contributed by atoms with Gasteiger partial charge in [0, 0.05) is 15.9 Å². The van der Waals surface area contributed by atoms with Gasteiger partial charge in [0.25, 0.3) is 0 Å². The van der Waals surface area contributed by atoms with Gasteiger partial charge in [-0.25, -0.2) is 0 Å². The van der Waals surface area contributed by atoms with Gasteiger partial charge in [-0.3, -0.25) is 0 Å². The monoisotopic (exact) mass is 878 g/mol. The molecule has 0 saturated heterocycles. The summed E-state index contributed by atoms with van der Waals surface area (Å²) < 4.78 is 33.7. The first-order chi connectivity index (χ1) is 25.9. The third-order valence-electron chi connectivity index (χ3n) is 9.09. The topological polar surface area (TPSA) is 0 Å². The molecular weight excluding hydrogens is 824 g/mol. The Morgan fingerprint density at radius 2 is 0.964 bits per heavy atom. The van der Waals surface area contributed by atoms with Crippen molar-refractivity contribution in [1.29, 1.82) is 0 Å². The minimum atomic E-state index is -3.94. The third kappa shape index (κ3) is 16.2. The van der Waals surface area contributed by atoms with E-state index in [-0.39, 0.29) is 6.04 Å². The van der Waals surface area contributed by atoms with Gasteiger partial charge in [-0.05, 0) is 58.8 Å². The van der Waals surface area contributed by atoms with E-state index in [4.69, 9.17) is 17.0 Å². The Labute approximate surface area is 350 Å². The van der Waals surface area contributed by atoms with E-state index >= 15 is 0 Å². The molecule has 0 aliphatic heterocycles. The summed E-state index contributed by atoms with van der Waals surface area (Å²) in [5.74, 6) is 0. The molecule has 0 N–H and O–H groups in total. The molecule has 0 aromatic heterocycles. The van der Waals surface area contributed by atoms with Crippen LogP contribution in [0.25, 0.3) is 43.8 Å². The molecule has 0 aliphatic carbocycles. The molecule has 0 heterocycles.